The fourth-order valence-corrected chi connectivity index (χ4v) is 4.68. The first-order valence-electron chi connectivity index (χ1n) is 10.8. The average molecular weight is 468 g/mol. The topological polar surface area (TPSA) is 73.9 Å². The molecular formula is C26H26ClNO5. The number of allylic oxidation sites excluding steroid dienone is 3. The molecule has 0 saturated heterocycles. The number of ketones is 1. The van der Waals surface area contributed by atoms with E-state index in [1.165, 1.54) is 7.11 Å². The van der Waals surface area contributed by atoms with Gasteiger partial charge in [0.1, 0.15) is 6.61 Å². The molecule has 1 aliphatic carbocycles. The van der Waals surface area contributed by atoms with Gasteiger partial charge in [0.25, 0.3) is 0 Å². The van der Waals surface area contributed by atoms with Crippen LogP contribution in [-0.2, 0) is 20.9 Å². The second-order valence-electron chi connectivity index (χ2n) is 8.09. The zero-order valence-corrected chi connectivity index (χ0v) is 19.6. The lowest BCUT2D eigenvalue weighted by Crippen LogP contribution is -2.34. The van der Waals surface area contributed by atoms with Gasteiger partial charge in [-0.15, -0.1) is 0 Å². The average Bonchev–Trinajstić information content (AvgIpc) is 2.81. The first-order chi connectivity index (χ1) is 15.9. The van der Waals surface area contributed by atoms with Crippen molar-refractivity contribution in [2.45, 2.75) is 38.7 Å². The van der Waals surface area contributed by atoms with Crippen LogP contribution in [0, 0.1) is 0 Å². The van der Waals surface area contributed by atoms with Gasteiger partial charge in [-0.1, -0.05) is 29.8 Å². The maximum atomic E-state index is 12.9. The summed E-state index contributed by atoms with van der Waals surface area (Å²) in [5.74, 6) is 0.121. The second-order valence-corrected chi connectivity index (χ2v) is 8.52. The molecular weight excluding hydrogens is 442 g/mol. The minimum Gasteiger partial charge on any atom is -0.493 e. The van der Waals surface area contributed by atoms with Gasteiger partial charge in [-0.2, -0.15) is 0 Å². The van der Waals surface area contributed by atoms with Crippen molar-refractivity contribution in [1.82, 2.24) is 5.32 Å². The number of esters is 1. The number of carbonyl (C=O) groups is 2. The van der Waals surface area contributed by atoms with Crippen LogP contribution in [0.25, 0.3) is 0 Å². The fourth-order valence-electron chi connectivity index (χ4n) is 4.47. The molecule has 1 N–H and O–H groups in total. The molecule has 0 spiro atoms. The lowest BCUT2D eigenvalue weighted by molar-refractivity contribution is -0.136. The summed E-state index contributed by atoms with van der Waals surface area (Å²) < 4.78 is 16.6. The van der Waals surface area contributed by atoms with Crippen molar-refractivity contribution in [2.75, 3.05) is 14.2 Å². The number of Topliss-reactive ketones (excluding diaryl/α,β-unsaturated/α-hetero) is 1. The Labute approximate surface area is 198 Å². The lowest BCUT2D eigenvalue weighted by Gasteiger charge is -2.34. The molecule has 4 rings (SSSR count). The molecule has 1 atom stereocenters. The summed E-state index contributed by atoms with van der Waals surface area (Å²) in [6.07, 6.45) is 2.02. The maximum Gasteiger partial charge on any atom is 0.336 e. The van der Waals surface area contributed by atoms with Gasteiger partial charge in [-0.25, -0.2) is 4.79 Å². The van der Waals surface area contributed by atoms with Crippen molar-refractivity contribution in [2.24, 2.45) is 0 Å². The van der Waals surface area contributed by atoms with Crippen molar-refractivity contribution < 1.29 is 23.8 Å². The predicted octanol–water partition coefficient (Wildman–Crippen LogP) is 5.07. The highest BCUT2D eigenvalue weighted by Gasteiger charge is 2.39. The summed E-state index contributed by atoms with van der Waals surface area (Å²) in [6.45, 7) is 2.16. The molecule has 0 radical (unpaired) electrons. The fraction of sp³-hybridized carbons (Fsp3) is 0.308. The lowest BCUT2D eigenvalue weighted by atomic mass is 9.75. The van der Waals surface area contributed by atoms with Crippen LogP contribution < -0.4 is 14.8 Å². The van der Waals surface area contributed by atoms with E-state index in [2.05, 4.69) is 5.32 Å². The van der Waals surface area contributed by atoms with Crippen LogP contribution in [0.3, 0.4) is 0 Å². The smallest absolute Gasteiger partial charge is 0.336 e. The van der Waals surface area contributed by atoms with Gasteiger partial charge < -0.3 is 19.5 Å². The van der Waals surface area contributed by atoms with E-state index >= 15 is 0 Å². The molecule has 33 heavy (non-hydrogen) atoms. The first kappa shape index (κ1) is 22.9. The van der Waals surface area contributed by atoms with Crippen LogP contribution in [0.15, 0.2) is 65.0 Å². The van der Waals surface area contributed by atoms with E-state index < -0.39 is 11.9 Å². The molecule has 2 aromatic carbocycles. The molecule has 0 fully saturated rings. The zero-order valence-electron chi connectivity index (χ0n) is 18.9. The Morgan fingerprint density at radius 2 is 1.94 bits per heavy atom. The van der Waals surface area contributed by atoms with Gasteiger partial charge in [0.15, 0.2) is 17.3 Å². The number of rotatable bonds is 6. The van der Waals surface area contributed by atoms with E-state index in [1.807, 2.05) is 43.3 Å². The van der Waals surface area contributed by atoms with Crippen molar-refractivity contribution in [3.05, 3.63) is 81.2 Å². The van der Waals surface area contributed by atoms with Crippen LogP contribution in [-0.4, -0.2) is 26.0 Å². The van der Waals surface area contributed by atoms with Crippen LogP contribution >= 0.6 is 11.6 Å². The van der Waals surface area contributed by atoms with Crippen LogP contribution in [0.2, 0.25) is 5.02 Å². The first-order valence-corrected chi connectivity index (χ1v) is 11.2. The minimum absolute atomic E-state index is 0.0444. The highest BCUT2D eigenvalue weighted by Crippen LogP contribution is 2.44. The van der Waals surface area contributed by atoms with E-state index in [0.29, 0.717) is 46.4 Å². The summed E-state index contributed by atoms with van der Waals surface area (Å²) in [5, 5.41) is 3.91. The largest absolute Gasteiger partial charge is 0.493 e. The summed E-state index contributed by atoms with van der Waals surface area (Å²) in [6, 6.07) is 13.0. The third-order valence-corrected chi connectivity index (χ3v) is 6.22. The Kier molecular flexibility index (Phi) is 6.75. The Hall–Kier alpha value is -3.25. The molecule has 172 valence electrons. The number of dihydropyridines is 1. The second kappa shape index (κ2) is 9.71. The standard InChI is InChI=1S/C26H26ClNO5/c1-15-23(26(30)32-3)24(25-19(28-15)8-5-9-20(25)29)17-10-11-21(22(13-17)31-2)33-14-16-6-4-7-18(27)12-16/h4,6-7,10-13,24,28H,5,8-9,14H2,1-3H3. The number of benzene rings is 2. The third-order valence-electron chi connectivity index (χ3n) is 5.99. The number of hydrogen-bond acceptors (Lipinski definition) is 6. The molecule has 1 heterocycles. The highest BCUT2D eigenvalue weighted by molar-refractivity contribution is 6.30. The van der Waals surface area contributed by atoms with Crippen molar-refractivity contribution in [3.8, 4) is 11.5 Å². The molecule has 0 amide bonds. The Balaban J connectivity index is 1.72. The number of carbonyl (C=O) groups excluding carboxylic acids is 2. The van der Waals surface area contributed by atoms with E-state index in [0.717, 1.165) is 29.7 Å². The van der Waals surface area contributed by atoms with Gasteiger partial charge in [0, 0.05) is 34.3 Å². The highest BCUT2D eigenvalue weighted by atomic mass is 35.5. The number of hydrogen-bond donors (Lipinski definition) is 1. The summed E-state index contributed by atoms with van der Waals surface area (Å²) in [4.78, 5) is 25.7. The number of ether oxygens (including phenoxy) is 3. The third kappa shape index (κ3) is 4.62. The SMILES string of the molecule is COC(=O)C1=C(C)NC2=C(C(=O)CCC2)C1c1ccc(OCc2cccc(Cl)c2)c(OC)c1. The molecule has 6 nitrogen and oxygen atoms in total. The van der Waals surface area contributed by atoms with Gasteiger partial charge in [0.05, 0.1) is 19.8 Å². The molecule has 1 aliphatic heterocycles. The monoisotopic (exact) mass is 467 g/mol. The van der Waals surface area contributed by atoms with Crippen LogP contribution in [0.5, 0.6) is 11.5 Å². The normalized spacial score (nSPS) is 17.9. The Morgan fingerprint density at radius 1 is 1.12 bits per heavy atom. The summed E-state index contributed by atoms with van der Waals surface area (Å²) in [5.41, 5.74) is 4.33. The van der Waals surface area contributed by atoms with E-state index in [9.17, 15) is 9.59 Å². The number of halogens is 1. The molecule has 2 aromatic rings. The van der Waals surface area contributed by atoms with Gasteiger partial charge >= 0.3 is 5.97 Å². The quantitative estimate of drug-likeness (QED) is 0.598. The van der Waals surface area contributed by atoms with Crippen LogP contribution in [0.4, 0.5) is 0 Å². The molecule has 1 unspecified atom stereocenters. The molecule has 0 saturated carbocycles. The number of nitrogens with one attached hydrogen (secondary N) is 1. The van der Waals surface area contributed by atoms with Gasteiger partial charge in [-0.05, 0) is 55.2 Å². The van der Waals surface area contributed by atoms with Crippen LogP contribution in [0.1, 0.15) is 43.2 Å². The maximum absolute atomic E-state index is 12.9. The van der Waals surface area contributed by atoms with E-state index in [-0.39, 0.29) is 5.78 Å². The van der Waals surface area contributed by atoms with E-state index in [4.69, 9.17) is 25.8 Å². The summed E-state index contributed by atoms with van der Waals surface area (Å²) >= 11 is 6.06. The van der Waals surface area contributed by atoms with Crippen molar-refractivity contribution in [1.29, 1.82) is 0 Å². The molecule has 0 bridgehead atoms. The van der Waals surface area contributed by atoms with Gasteiger partial charge in [-0.3, -0.25) is 4.79 Å². The van der Waals surface area contributed by atoms with Gasteiger partial charge in [0.2, 0.25) is 0 Å². The van der Waals surface area contributed by atoms with Crippen molar-refractivity contribution in [3.63, 3.8) is 0 Å². The van der Waals surface area contributed by atoms with Crippen molar-refractivity contribution >= 4 is 23.4 Å². The minimum atomic E-state index is -0.530. The summed E-state index contributed by atoms with van der Waals surface area (Å²) in [7, 11) is 2.91. The molecule has 0 aromatic heterocycles. The predicted molar refractivity (Wildman–Crippen MR) is 125 cm³/mol. The zero-order chi connectivity index (χ0) is 23.5. The Morgan fingerprint density at radius 3 is 2.67 bits per heavy atom. The van der Waals surface area contributed by atoms with E-state index in [1.54, 1.807) is 13.2 Å². The Bertz CT molecular complexity index is 1170. The molecule has 7 heteroatoms. The number of methoxy groups -OCH3 is 2. The molecule has 2 aliphatic rings.